The maximum Gasteiger partial charge on any atom is 0.0165 e. The Kier molecular flexibility index (Phi) is 34.8. The highest BCUT2D eigenvalue weighted by Crippen LogP contribution is 2.21. The van der Waals surface area contributed by atoms with E-state index in [0.29, 0.717) is 0 Å². The SMILES string of the molecule is CN(CCCCCCN1CCCC1)CCSSCCN(C)CCCCCCN1CCCC1.Cl.Cl.Cl.Cl. The molecule has 2 rings (SSSR count). The Morgan fingerprint density at radius 3 is 1.17 bits per heavy atom. The van der Waals surface area contributed by atoms with Crippen molar-refractivity contribution in [2.24, 2.45) is 0 Å². The maximum absolute atomic E-state index is 2.65. The number of nitrogens with zero attached hydrogens (tertiary/aromatic N) is 4. The molecule has 10 heteroatoms. The van der Waals surface area contributed by atoms with Crippen molar-refractivity contribution in [3.8, 4) is 0 Å². The first kappa shape index (κ1) is 42.2. The largest absolute Gasteiger partial charge is 0.306 e. The first-order chi connectivity index (χ1) is 15.7. The topological polar surface area (TPSA) is 13.0 Å². The van der Waals surface area contributed by atoms with Crippen LogP contribution in [0.3, 0.4) is 0 Å². The highest BCUT2D eigenvalue weighted by Gasteiger charge is 2.11. The minimum Gasteiger partial charge on any atom is -0.306 e. The van der Waals surface area contributed by atoms with E-state index in [1.54, 1.807) is 0 Å². The van der Waals surface area contributed by atoms with E-state index in [1.807, 2.05) is 0 Å². The molecule has 0 saturated carbocycles. The van der Waals surface area contributed by atoms with Gasteiger partial charge < -0.3 is 19.6 Å². The Balaban J connectivity index is -0.00000272. The Hall–Kier alpha value is 1.70. The summed E-state index contributed by atoms with van der Waals surface area (Å²) in [6.45, 7) is 13.1. The zero-order valence-corrected chi connectivity index (χ0v) is 28.1. The molecule has 2 fully saturated rings. The van der Waals surface area contributed by atoms with Gasteiger partial charge in [0.05, 0.1) is 0 Å². The van der Waals surface area contributed by atoms with E-state index in [0.717, 1.165) is 0 Å². The Morgan fingerprint density at radius 2 is 0.806 bits per heavy atom. The molecule has 0 aliphatic carbocycles. The molecule has 0 aromatic rings. The molecule has 2 aliphatic rings. The van der Waals surface area contributed by atoms with Crippen molar-refractivity contribution in [2.75, 3.05) is 91.0 Å². The summed E-state index contributed by atoms with van der Waals surface area (Å²) in [6.07, 6.45) is 16.9. The summed E-state index contributed by atoms with van der Waals surface area (Å²) in [7, 11) is 8.74. The second-order valence-electron chi connectivity index (χ2n) is 10.2. The summed E-state index contributed by atoms with van der Waals surface area (Å²) >= 11 is 0. The van der Waals surface area contributed by atoms with E-state index in [2.05, 4.69) is 55.3 Å². The fourth-order valence-electron chi connectivity index (χ4n) is 4.88. The number of hydrogen-bond acceptors (Lipinski definition) is 6. The lowest BCUT2D eigenvalue weighted by molar-refractivity contribution is 0.318. The van der Waals surface area contributed by atoms with E-state index in [1.165, 1.54) is 154 Å². The van der Waals surface area contributed by atoms with Gasteiger partial charge in [-0.05, 0) is 118 Å². The lowest BCUT2D eigenvalue weighted by Crippen LogP contribution is -2.23. The van der Waals surface area contributed by atoms with Crippen LogP contribution in [-0.2, 0) is 0 Å². The predicted molar refractivity (Wildman–Crippen MR) is 177 cm³/mol. The molecule has 0 bridgehead atoms. The lowest BCUT2D eigenvalue weighted by Gasteiger charge is -2.18. The van der Waals surface area contributed by atoms with Crippen molar-refractivity contribution in [2.45, 2.75) is 77.0 Å². The Bertz CT molecular complexity index is 395. The molecular weight excluding hydrogens is 574 g/mol. The number of hydrogen-bond donors (Lipinski definition) is 0. The van der Waals surface area contributed by atoms with E-state index in [-0.39, 0.29) is 49.6 Å². The summed E-state index contributed by atoms with van der Waals surface area (Å²) in [4.78, 5) is 10.4. The second kappa shape index (κ2) is 29.7. The van der Waals surface area contributed by atoms with Crippen LogP contribution in [0.1, 0.15) is 77.0 Å². The molecule has 222 valence electrons. The van der Waals surface area contributed by atoms with Crippen LogP contribution in [0.15, 0.2) is 0 Å². The number of likely N-dealkylation sites (tertiary alicyclic amines) is 2. The second-order valence-corrected chi connectivity index (χ2v) is 12.9. The summed E-state index contributed by atoms with van der Waals surface area (Å²) in [5, 5.41) is 0. The van der Waals surface area contributed by atoms with Crippen molar-refractivity contribution < 1.29 is 0 Å². The zero-order valence-electron chi connectivity index (χ0n) is 23.2. The van der Waals surface area contributed by atoms with Crippen LogP contribution in [0.25, 0.3) is 0 Å². The van der Waals surface area contributed by atoms with Gasteiger partial charge >= 0.3 is 0 Å². The Morgan fingerprint density at radius 1 is 0.472 bits per heavy atom. The van der Waals surface area contributed by atoms with Crippen LogP contribution in [0.4, 0.5) is 0 Å². The third-order valence-corrected chi connectivity index (χ3v) is 9.49. The third-order valence-electron chi connectivity index (χ3n) is 7.12. The molecule has 0 unspecified atom stereocenters. The van der Waals surface area contributed by atoms with Crippen molar-refractivity contribution >= 4 is 71.2 Å². The first-order valence-electron chi connectivity index (χ1n) is 13.8. The van der Waals surface area contributed by atoms with Crippen LogP contribution < -0.4 is 0 Å². The maximum atomic E-state index is 2.65. The van der Waals surface area contributed by atoms with Crippen LogP contribution in [0.5, 0.6) is 0 Å². The van der Waals surface area contributed by atoms with Gasteiger partial charge in [0.1, 0.15) is 0 Å². The van der Waals surface area contributed by atoms with Crippen molar-refractivity contribution in [1.82, 2.24) is 19.6 Å². The van der Waals surface area contributed by atoms with E-state index in [4.69, 9.17) is 0 Å². The number of rotatable bonds is 21. The molecule has 0 spiro atoms. The molecule has 0 amide bonds. The van der Waals surface area contributed by atoms with Crippen molar-refractivity contribution in [3.05, 3.63) is 0 Å². The van der Waals surface area contributed by atoms with Crippen LogP contribution in [0, 0.1) is 0 Å². The minimum atomic E-state index is 0. The molecule has 0 radical (unpaired) electrons. The standard InChI is InChI=1S/C26H54N4S2.4ClH/c1-27(15-7-3-5-9-17-29-19-11-12-20-29)23-25-31-32-26-24-28(2)16-8-4-6-10-18-30-21-13-14-22-30;;;;/h3-26H2,1-2H3;4*1H. The van der Waals surface area contributed by atoms with Gasteiger partial charge in [0.25, 0.3) is 0 Å². The van der Waals surface area contributed by atoms with Gasteiger partial charge in [-0.1, -0.05) is 47.3 Å². The molecule has 36 heavy (non-hydrogen) atoms. The average Bonchev–Trinajstić information content (AvgIpc) is 3.50. The van der Waals surface area contributed by atoms with E-state index >= 15 is 0 Å². The molecule has 0 aromatic carbocycles. The van der Waals surface area contributed by atoms with E-state index in [9.17, 15) is 0 Å². The predicted octanol–water partition coefficient (Wildman–Crippen LogP) is 7.23. The van der Waals surface area contributed by atoms with Crippen molar-refractivity contribution in [3.63, 3.8) is 0 Å². The molecule has 4 nitrogen and oxygen atoms in total. The van der Waals surface area contributed by atoms with Gasteiger partial charge in [-0.2, -0.15) is 0 Å². The first-order valence-corrected chi connectivity index (χ1v) is 16.3. The highest BCUT2D eigenvalue weighted by atomic mass is 35.5. The molecule has 0 atom stereocenters. The van der Waals surface area contributed by atoms with Gasteiger partial charge in [0.15, 0.2) is 0 Å². The van der Waals surface area contributed by atoms with Crippen LogP contribution >= 0.6 is 71.2 Å². The number of unbranched alkanes of at least 4 members (excludes halogenated alkanes) is 6. The normalized spacial score (nSPS) is 16.0. The van der Waals surface area contributed by atoms with Gasteiger partial charge in [-0.15, -0.1) is 49.6 Å². The van der Waals surface area contributed by atoms with Gasteiger partial charge in [-0.3, -0.25) is 0 Å². The lowest BCUT2D eigenvalue weighted by atomic mass is 10.2. The molecule has 2 saturated heterocycles. The molecular formula is C26H58Cl4N4S2. The summed E-state index contributed by atoms with van der Waals surface area (Å²) in [5.74, 6) is 2.52. The summed E-state index contributed by atoms with van der Waals surface area (Å²) in [5.41, 5.74) is 0. The number of halogens is 4. The molecule has 0 N–H and O–H groups in total. The van der Waals surface area contributed by atoms with Crippen molar-refractivity contribution in [1.29, 1.82) is 0 Å². The Labute approximate surface area is 257 Å². The van der Waals surface area contributed by atoms with E-state index < -0.39 is 0 Å². The summed E-state index contributed by atoms with van der Waals surface area (Å²) in [6, 6.07) is 0. The molecule has 2 aliphatic heterocycles. The quantitative estimate of drug-likeness (QED) is 0.0972. The molecule has 0 aromatic heterocycles. The average molecular weight is 633 g/mol. The van der Waals surface area contributed by atoms with Crippen LogP contribution in [-0.4, -0.2) is 111 Å². The highest BCUT2D eigenvalue weighted by molar-refractivity contribution is 8.76. The minimum absolute atomic E-state index is 0. The van der Waals surface area contributed by atoms with Gasteiger partial charge in [0.2, 0.25) is 0 Å². The zero-order chi connectivity index (χ0) is 22.7. The van der Waals surface area contributed by atoms with Crippen LogP contribution in [0.2, 0.25) is 0 Å². The third kappa shape index (κ3) is 23.6. The summed E-state index contributed by atoms with van der Waals surface area (Å²) < 4.78 is 0. The fraction of sp³-hybridized carbons (Fsp3) is 1.00. The van der Waals surface area contributed by atoms with Gasteiger partial charge in [-0.25, -0.2) is 0 Å². The van der Waals surface area contributed by atoms with Gasteiger partial charge in [0, 0.05) is 24.6 Å². The fourth-order valence-corrected chi connectivity index (χ4v) is 7.04. The monoisotopic (exact) mass is 630 g/mol. The molecule has 2 heterocycles. The smallest absolute Gasteiger partial charge is 0.0165 e.